The van der Waals surface area contributed by atoms with Crippen LogP contribution in [0.4, 0.5) is 0 Å². The van der Waals surface area contributed by atoms with Gasteiger partial charge in [0.05, 0.1) is 13.3 Å². The predicted octanol–water partition coefficient (Wildman–Crippen LogP) is 2.77. The van der Waals surface area contributed by atoms with E-state index in [-0.39, 0.29) is 11.6 Å². The Morgan fingerprint density at radius 2 is 1.83 bits per heavy atom. The Bertz CT molecular complexity index is 394. The summed E-state index contributed by atoms with van der Waals surface area (Å²) in [4.78, 5) is 2.14. The second kappa shape index (κ2) is 5.72. The lowest BCUT2D eigenvalue weighted by atomic mass is 9.85. The summed E-state index contributed by atoms with van der Waals surface area (Å²) in [5.74, 6) is 0.927. The van der Waals surface area contributed by atoms with Crippen LogP contribution in [0.15, 0.2) is 18.2 Å². The largest absolute Gasteiger partial charge is 0.496 e. The molecule has 1 unspecified atom stereocenters. The van der Waals surface area contributed by atoms with Gasteiger partial charge in [0.2, 0.25) is 0 Å². The number of benzene rings is 1. The van der Waals surface area contributed by atoms with E-state index in [1.54, 1.807) is 7.11 Å². The molecule has 1 rings (SSSR count). The summed E-state index contributed by atoms with van der Waals surface area (Å²) in [6.45, 7) is 6.67. The zero-order chi connectivity index (χ0) is 13.9. The van der Waals surface area contributed by atoms with Crippen LogP contribution in [0.3, 0.4) is 0 Å². The fourth-order valence-electron chi connectivity index (χ4n) is 2.11. The minimum Gasteiger partial charge on any atom is -0.496 e. The molecule has 0 amide bonds. The van der Waals surface area contributed by atoms with Crippen LogP contribution in [-0.2, 0) is 5.41 Å². The van der Waals surface area contributed by atoms with Crippen molar-refractivity contribution in [1.82, 2.24) is 10.2 Å². The molecule has 1 N–H and O–H groups in total. The van der Waals surface area contributed by atoms with Gasteiger partial charge in [-0.1, -0.05) is 26.8 Å². The third-order valence-electron chi connectivity index (χ3n) is 3.18. The van der Waals surface area contributed by atoms with Gasteiger partial charge in [-0.05, 0) is 44.3 Å². The van der Waals surface area contributed by atoms with Crippen molar-refractivity contribution in [1.29, 1.82) is 0 Å². The fourth-order valence-corrected chi connectivity index (χ4v) is 2.11. The highest BCUT2D eigenvalue weighted by Crippen LogP contribution is 2.32. The van der Waals surface area contributed by atoms with Crippen molar-refractivity contribution >= 4 is 0 Å². The van der Waals surface area contributed by atoms with Crippen LogP contribution >= 0.6 is 0 Å². The predicted molar refractivity (Wildman–Crippen MR) is 77.2 cm³/mol. The van der Waals surface area contributed by atoms with E-state index >= 15 is 0 Å². The lowest BCUT2D eigenvalue weighted by molar-refractivity contribution is 0.256. The highest BCUT2D eigenvalue weighted by molar-refractivity contribution is 5.41. The molecule has 0 heterocycles. The first kappa shape index (κ1) is 15.0. The summed E-state index contributed by atoms with van der Waals surface area (Å²) in [6, 6.07) is 6.44. The van der Waals surface area contributed by atoms with Crippen molar-refractivity contribution in [2.75, 3.05) is 28.3 Å². The smallest absolute Gasteiger partial charge is 0.125 e. The quantitative estimate of drug-likeness (QED) is 0.832. The lowest BCUT2D eigenvalue weighted by Gasteiger charge is -2.28. The summed E-state index contributed by atoms with van der Waals surface area (Å²) in [5.41, 5.74) is 2.64. The molecule has 0 fully saturated rings. The molecule has 1 aromatic rings. The van der Waals surface area contributed by atoms with Crippen LogP contribution in [0.1, 0.15) is 38.1 Å². The van der Waals surface area contributed by atoms with Crippen LogP contribution in [0.25, 0.3) is 0 Å². The Morgan fingerprint density at radius 3 is 2.22 bits per heavy atom. The van der Waals surface area contributed by atoms with E-state index in [0.29, 0.717) is 0 Å². The van der Waals surface area contributed by atoms with Gasteiger partial charge in [0.15, 0.2) is 0 Å². The Hall–Kier alpha value is -1.06. The molecule has 1 aromatic carbocycles. The monoisotopic (exact) mass is 250 g/mol. The maximum Gasteiger partial charge on any atom is 0.125 e. The maximum atomic E-state index is 5.48. The molecule has 1 atom stereocenters. The van der Waals surface area contributed by atoms with Crippen molar-refractivity contribution in [3.8, 4) is 5.75 Å². The standard InChI is InChI=1S/C15H26N2O/c1-15(2,3)11-8-9-13(18-7)12(10-11)14(16-4)17(5)6/h8-10,14,16H,1-7H3. The number of hydrogen-bond donors (Lipinski definition) is 1. The van der Waals surface area contributed by atoms with Gasteiger partial charge in [-0.15, -0.1) is 0 Å². The van der Waals surface area contributed by atoms with E-state index in [0.717, 1.165) is 5.75 Å². The summed E-state index contributed by atoms with van der Waals surface area (Å²) in [6.07, 6.45) is 0.155. The minimum atomic E-state index is 0.144. The van der Waals surface area contributed by atoms with E-state index in [1.807, 2.05) is 7.05 Å². The zero-order valence-electron chi connectivity index (χ0n) is 12.7. The molecule has 0 aliphatic rings. The first-order valence-corrected chi connectivity index (χ1v) is 6.33. The second-order valence-corrected chi connectivity index (χ2v) is 5.86. The molecule has 0 saturated heterocycles. The van der Waals surface area contributed by atoms with Crippen LogP contribution in [0.5, 0.6) is 5.75 Å². The molecule has 3 nitrogen and oxygen atoms in total. The SMILES string of the molecule is CNC(c1cc(C(C)(C)C)ccc1OC)N(C)C. The van der Waals surface area contributed by atoms with Gasteiger partial charge in [0, 0.05) is 5.56 Å². The van der Waals surface area contributed by atoms with E-state index in [2.05, 4.69) is 63.3 Å². The van der Waals surface area contributed by atoms with Crippen molar-refractivity contribution in [2.45, 2.75) is 32.4 Å². The van der Waals surface area contributed by atoms with Crippen LogP contribution in [-0.4, -0.2) is 33.2 Å². The molecule has 0 aliphatic heterocycles. The number of ether oxygens (including phenoxy) is 1. The van der Waals surface area contributed by atoms with Gasteiger partial charge >= 0.3 is 0 Å². The molecule has 0 bridgehead atoms. The van der Waals surface area contributed by atoms with E-state index in [4.69, 9.17) is 4.74 Å². The van der Waals surface area contributed by atoms with Gasteiger partial charge in [0.25, 0.3) is 0 Å². The number of methoxy groups -OCH3 is 1. The molecule has 0 spiro atoms. The van der Waals surface area contributed by atoms with Gasteiger partial charge in [-0.25, -0.2) is 0 Å². The lowest BCUT2D eigenvalue weighted by Crippen LogP contribution is -2.31. The molecule has 3 heteroatoms. The third-order valence-corrected chi connectivity index (χ3v) is 3.18. The molecule has 0 aliphatic carbocycles. The Morgan fingerprint density at radius 1 is 1.22 bits per heavy atom. The number of rotatable bonds is 4. The second-order valence-electron chi connectivity index (χ2n) is 5.86. The van der Waals surface area contributed by atoms with Crippen molar-refractivity contribution < 1.29 is 4.74 Å². The molecule has 0 aromatic heterocycles. The van der Waals surface area contributed by atoms with Crippen molar-refractivity contribution in [3.63, 3.8) is 0 Å². The number of nitrogens with one attached hydrogen (secondary N) is 1. The Kier molecular flexibility index (Phi) is 4.77. The number of nitrogens with zero attached hydrogens (tertiary/aromatic N) is 1. The highest BCUT2D eigenvalue weighted by atomic mass is 16.5. The van der Waals surface area contributed by atoms with E-state index < -0.39 is 0 Å². The van der Waals surface area contributed by atoms with Crippen LogP contribution in [0, 0.1) is 0 Å². The molecule has 102 valence electrons. The van der Waals surface area contributed by atoms with Gasteiger partial charge in [-0.2, -0.15) is 0 Å². The zero-order valence-corrected chi connectivity index (χ0v) is 12.7. The maximum absolute atomic E-state index is 5.48. The number of hydrogen-bond acceptors (Lipinski definition) is 3. The molecule has 0 saturated carbocycles. The Balaban J connectivity index is 3.29. The van der Waals surface area contributed by atoms with E-state index in [9.17, 15) is 0 Å². The fraction of sp³-hybridized carbons (Fsp3) is 0.600. The van der Waals surface area contributed by atoms with Gasteiger partial charge < -0.3 is 10.1 Å². The van der Waals surface area contributed by atoms with Gasteiger partial charge in [-0.3, -0.25) is 4.90 Å². The van der Waals surface area contributed by atoms with Crippen molar-refractivity contribution in [3.05, 3.63) is 29.3 Å². The summed E-state index contributed by atoms with van der Waals surface area (Å²) < 4.78 is 5.48. The van der Waals surface area contributed by atoms with Crippen LogP contribution < -0.4 is 10.1 Å². The third kappa shape index (κ3) is 3.24. The summed E-state index contributed by atoms with van der Waals surface area (Å²) in [5, 5.41) is 3.32. The van der Waals surface area contributed by atoms with Crippen molar-refractivity contribution in [2.24, 2.45) is 0 Å². The molecular weight excluding hydrogens is 224 g/mol. The first-order chi connectivity index (χ1) is 8.31. The summed E-state index contributed by atoms with van der Waals surface area (Å²) in [7, 11) is 7.81. The molecule has 0 radical (unpaired) electrons. The van der Waals surface area contributed by atoms with E-state index in [1.165, 1.54) is 11.1 Å². The van der Waals surface area contributed by atoms with Crippen LogP contribution in [0.2, 0.25) is 0 Å². The average molecular weight is 250 g/mol. The molecular formula is C15H26N2O. The normalized spacial score (nSPS) is 13.8. The minimum absolute atomic E-state index is 0.144. The van der Waals surface area contributed by atoms with Gasteiger partial charge in [0.1, 0.15) is 5.75 Å². The molecule has 18 heavy (non-hydrogen) atoms. The first-order valence-electron chi connectivity index (χ1n) is 6.33. The summed E-state index contributed by atoms with van der Waals surface area (Å²) >= 11 is 0. The Labute approximate surface area is 111 Å². The highest BCUT2D eigenvalue weighted by Gasteiger charge is 2.21. The average Bonchev–Trinajstić information content (AvgIpc) is 2.28. The topological polar surface area (TPSA) is 24.5 Å².